The van der Waals surface area contributed by atoms with Crippen LogP contribution in [0.25, 0.3) is 10.9 Å². The number of hydrogen-bond acceptors (Lipinski definition) is 4. The van der Waals surface area contributed by atoms with E-state index in [2.05, 4.69) is 10.3 Å². The average molecular weight is 375 g/mol. The second-order valence-electron chi connectivity index (χ2n) is 6.47. The summed E-state index contributed by atoms with van der Waals surface area (Å²) in [7, 11) is 0. The molecule has 4 nitrogen and oxygen atoms in total. The van der Waals surface area contributed by atoms with E-state index in [4.69, 9.17) is 16.3 Å². The summed E-state index contributed by atoms with van der Waals surface area (Å²) in [6, 6.07) is 4.30. The van der Waals surface area contributed by atoms with Gasteiger partial charge in [-0.15, -0.1) is 0 Å². The van der Waals surface area contributed by atoms with Crippen molar-refractivity contribution in [3.63, 3.8) is 0 Å². The number of pyridine rings is 1. The van der Waals surface area contributed by atoms with Crippen LogP contribution >= 0.6 is 11.6 Å². The number of benzene rings is 1. The van der Waals surface area contributed by atoms with Crippen LogP contribution in [0.15, 0.2) is 18.2 Å². The number of ether oxygens (including phenoxy) is 1. The third-order valence-corrected chi connectivity index (χ3v) is 3.43. The Balaban J connectivity index is 2.93. The first-order valence-electron chi connectivity index (χ1n) is 7.60. The first-order valence-corrected chi connectivity index (χ1v) is 7.97. The van der Waals surface area contributed by atoms with E-state index in [9.17, 15) is 18.0 Å². The van der Waals surface area contributed by atoms with Crippen LogP contribution in [0.4, 0.5) is 18.9 Å². The highest BCUT2D eigenvalue weighted by Crippen LogP contribution is 2.39. The molecule has 0 radical (unpaired) electrons. The number of alkyl halides is 3. The quantitative estimate of drug-likeness (QED) is 0.741. The highest BCUT2D eigenvalue weighted by Gasteiger charge is 2.40. The van der Waals surface area contributed by atoms with Crippen LogP contribution in [0.1, 0.15) is 43.7 Å². The van der Waals surface area contributed by atoms with Crippen molar-refractivity contribution in [2.75, 3.05) is 11.9 Å². The van der Waals surface area contributed by atoms with Gasteiger partial charge < -0.3 is 10.1 Å². The molecule has 0 atom stereocenters. The van der Waals surface area contributed by atoms with Gasteiger partial charge in [-0.05, 0) is 45.9 Å². The fourth-order valence-corrected chi connectivity index (χ4v) is 2.52. The minimum absolute atomic E-state index is 0.00535. The van der Waals surface area contributed by atoms with Gasteiger partial charge in [0.15, 0.2) is 5.69 Å². The van der Waals surface area contributed by atoms with Crippen LogP contribution in [-0.2, 0) is 10.9 Å². The molecule has 1 heterocycles. The van der Waals surface area contributed by atoms with Crippen molar-refractivity contribution in [3.8, 4) is 0 Å². The first-order chi connectivity index (χ1) is 11.4. The normalized spacial score (nSPS) is 12.3. The minimum Gasteiger partial charge on any atom is -0.462 e. The van der Waals surface area contributed by atoms with Crippen molar-refractivity contribution in [1.82, 2.24) is 4.98 Å². The molecule has 2 rings (SSSR count). The number of fused-ring (bicyclic) bond motifs is 1. The number of nitrogens with one attached hydrogen (secondary N) is 1. The molecule has 0 spiro atoms. The summed E-state index contributed by atoms with van der Waals surface area (Å²) in [5.41, 5.74) is -2.45. The van der Waals surface area contributed by atoms with E-state index in [0.717, 1.165) is 0 Å². The lowest BCUT2D eigenvalue weighted by Gasteiger charge is -2.26. The number of anilines is 1. The molecule has 136 valence electrons. The minimum atomic E-state index is -4.82. The van der Waals surface area contributed by atoms with Crippen LogP contribution in [0.5, 0.6) is 0 Å². The van der Waals surface area contributed by atoms with E-state index in [0.29, 0.717) is 10.4 Å². The van der Waals surface area contributed by atoms with Crippen molar-refractivity contribution >= 4 is 34.2 Å². The molecule has 8 heteroatoms. The largest absolute Gasteiger partial charge is 0.462 e. The van der Waals surface area contributed by atoms with E-state index in [1.54, 1.807) is 20.8 Å². The van der Waals surface area contributed by atoms with Gasteiger partial charge in [0, 0.05) is 15.9 Å². The van der Waals surface area contributed by atoms with Crippen molar-refractivity contribution in [2.24, 2.45) is 0 Å². The molecule has 2 aromatic rings. The molecule has 1 aromatic carbocycles. The van der Waals surface area contributed by atoms with Gasteiger partial charge in [0.2, 0.25) is 0 Å². The number of hydrogen-bond donors (Lipinski definition) is 1. The first kappa shape index (κ1) is 19.3. The predicted molar refractivity (Wildman–Crippen MR) is 91.1 cm³/mol. The highest BCUT2D eigenvalue weighted by atomic mass is 35.5. The van der Waals surface area contributed by atoms with Gasteiger partial charge in [-0.1, -0.05) is 11.6 Å². The van der Waals surface area contributed by atoms with E-state index in [1.165, 1.54) is 25.1 Å². The summed E-state index contributed by atoms with van der Waals surface area (Å²) in [5.74, 6) is -1.09. The zero-order chi connectivity index (χ0) is 19.0. The number of halogens is 4. The molecule has 25 heavy (non-hydrogen) atoms. The average Bonchev–Trinajstić information content (AvgIpc) is 2.45. The second-order valence-corrected chi connectivity index (χ2v) is 6.90. The molecular formula is C17H18ClF3N2O2. The molecule has 0 amide bonds. The van der Waals surface area contributed by atoms with Crippen molar-refractivity contribution in [1.29, 1.82) is 0 Å². The topological polar surface area (TPSA) is 51.2 Å². The van der Waals surface area contributed by atoms with Gasteiger partial charge in [-0.2, -0.15) is 13.2 Å². The van der Waals surface area contributed by atoms with Gasteiger partial charge in [0.1, 0.15) is 5.56 Å². The van der Waals surface area contributed by atoms with Crippen LogP contribution in [0.3, 0.4) is 0 Å². The number of rotatable bonds is 3. The zero-order valence-corrected chi connectivity index (χ0v) is 15.0. The van der Waals surface area contributed by atoms with Crippen LogP contribution < -0.4 is 5.32 Å². The molecule has 0 aliphatic heterocycles. The Hall–Kier alpha value is -2.02. The van der Waals surface area contributed by atoms with Crippen LogP contribution in [0, 0.1) is 0 Å². The summed E-state index contributed by atoms with van der Waals surface area (Å²) in [4.78, 5) is 16.0. The summed E-state index contributed by atoms with van der Waals surface area (Å²) in [6.45, 7) is 6.77. The molecule has 0 unspecified atom stereocenters. The molecule has 0 aliphatic rings. The Kier molecular flexibility index (Phi) is 5.18. The van der Waals surface area contributed by atoms with Gasteiger partial charge in [-0.25, -0.2) is 9.78 Å². The lowest BCUT2D eigenvalue weighted by atomic mass is 10.0. The van der Waals surface area contributed by atoms with Crippen molar-refractivity contribution in [2.45, 2.75) is 39.4 Å². The van der Waals surface area contributed by atoms with Crippen LogP contribution in [-0.4, -0.2) is 23.1 Å². The molecular weight excluding hydrogens is 357 g/mol. The molecule has 0 aliphatic carbocycles. The van der Waals surface area contributed by atoms with Gasteiger partial charge >= 0.3 is 12.1 Å². The Morgan fingerprint density at radius 3 is 2.44 bits per heavy atom. The maximum atomic E-state index is 13.5. The van der Waals surface area contributed by atoms with E-state index < -0.39 is 28.9 Å². The number of aromatic nitrogens is 1. The number of nitrogens with zero attached hydrogens (tertiary/aromatic N) is 1. The summed E-state index contributed by atoms with van der Waals surface area (Å²) >= 11 is 5.99. The van der Waals surface area contributed by atoms with Crippen molar-refractivity contribution < 1.29 is 22.7 Å². The Labute approximate surface area is 148 Å². The molecule has 0 saturated heterocycles. The zero-order valence-electron chi connectivity index (χ0n) is 14.2. The maximum absolute atomic E-state index is 13.5. The maximum Gasteiger partial charge on any atom is 0.434 e. The van der Waals surface area contributed by atoms with Gasteiger partial charge in [-0.3, -0.25) is 0 Å². The molecule has 0 fully saturated rings. The highest BCUT2D eigenvalue weighted by molar-refractivity contribution is 6.31. The number of esters is 1. The second kappa shape index (κ2) is 6.71. The molecule has 1 aromatic heterocycles. The van der Waals surface area contributed by atoms with Gasteiger partial charge in [0.25, 0.3) is 0 Å². The molecule has 1 N–H and O–H groups in total. The SMILES string of the molecule is CCOC(=O)c1c(C(F)(F)F)nc2ccc(Cl)cc2c1NC(C)(C)C. The Morgan fingerprint density at radius 1 is 1.28 bits per heavy atom. The third-order valence-electron chi connectivity index (χ3n) is 3.20. The summed E-state index contributed by atoms with van der Waals surface area (Å²) < 4.78 is 45.5. The standard InChI is InChI=1S/C17H18ClF3N2O2/c1-5-25-15(24)12-13(23-16(2,3)4)10-8-9(18)6-7-11(10)22-14(12)17(19,20)21/h6-8H,5H2,1-4H3,(H,22,23). The molecule has 0 saturated carbocycles. The van der Waals surface area contributed by atoms with Crippen LogP contribution in [0.2, 0.25) is 5.02 Å². The molecule has 0 bridgehead atoms. The third kappa shape index (κ3) is 4.34. The van der Waals surface area contributed by atoms with E-state index >= 15 is 0 Å². The fourth-order valence-electron chi connectivity index (χ4n) is 2.35. The number of carbonyl (C=O) groups excluding carboxylic acids is 1. The smallest absolute Gasteiger partial charge is 0.434 e. The lowest BCUT2D eigenvalue weighted by molar-refractivity contribution is -0.141. The fraction of sp³-hybridized carbons (Fsp3) is 0.412. The van der Waals surface area contributed by atoms with E-state index in [-0.39, 0.29) is 17.8 Å². The summed E-state index contributed by atoms with van der Waals surface area (Å²) in [6.07, 6.45) is -4.82. The lowest BCUT2D eigenvalue weighted by Crippen LogP contribution is -2.29. The predicted octanol–water partition coefficient (Wildman–Crippen LogP) is 5.29. The number of carbonyl (C=O) groups is 1. The monoisotopic (exact) mass is 374 g/mol. The van der Waals surface area contributed by atoms with Gasteiger partial charge in [0.05, 0.1) is 17.8 Å². The summed E-state index contributed by atoms with van der Waals surface area (Å²) in [5, 5.41) is 3.61. The van der Waals surface area contributed by atoms with E-state index in [1.807, 2.05) is 0 Å². The Bertz CT molecular complexity index is 814. The Morgan fingerprint density at radius 2 is 1.92 bits per heavy atom. The van der Waals surface area contributed by atoms with Crippen molar-refractivity contribution in [3.05, 3.63) is 34.5 Å².